The molecular formula is C12H28N12. The quantitative estimate of drug-likeness (QED) is 0.165. The smallest absolute Gasteiger partial charge is 0.188 e. The van der Waals surface area contributed by atoms with Crippen LogP contribution in [0.1, 0.15) is 0 Å². The van der Waals surface area contributed by atoms with Crippen molar-refractivity contribution in [1.82, 2.24) is 19.6 Å². The lowest BCUT2D eigenvalue weighted by molar-refractivity contribution is 0.253. The van der Waals surface area contributed by atoms with Crippen LogP contribution in [-0.2, 0) is 0 Å². The number of piperazine rings is 2. The Hall–Kier alpha value is -2.92. The molecule has 0 aromatic rings. The number of nitrogens with one attached hydrogen (secondary N) is 4. The second-order valence-electron chi connectivity index (χ2n) is 5.49. The summed E-state index contributed by atoms with van der Waals surface area (Å²) in [5.41, 5.74) is 21.2. The van der Waals surface area contributed by atoms with Crippen molar-refractivity contribution in [3.8, 4) is 0 Å². The van der Waals surface area contributed by atoms with Crippen molar-refractivity contribution in [3.63, 3.8) is 0 Å². The molecule has 0 aromatic carbocycles. The van der Waals surface area contributed by atoms with E-state index in [0.29, 0.717) is 52.4 Å². The number of hydrogen-bond acceptors (Lipinski definition) is 4. The van der Waals surface area contributed by atoms with Gasteiger partial charge in [-0.2, -0.15) is 0 Å². The van der Waals surface area contributed by atoms with Crippen LogP contribution in [-0.4, -0.2) is 95.8 Å². The van der Waals surface area contributed by atoms with E-state index in [9.17, 15) is 0 Å². The number of nitrogens with two attached hydrogens (primary N) is 4. The highest BCUT2D eigenvalue weighted by atomic mass is 15.3. The summed E-state index contributed by atoms with van der Waals surface area (Å²) in [4.78, 5) is 7.05. The highest BCUT2D eigenvalue weighted by molar-refractivity contribution is 5.77. The van der Waals surface area contributed by atoms with Crippen LogP contribution in [0.5, 0.6) is 0 Å². The lowest BCUT2D eigenvalue weighted by Crippen LogP contribution is -2.53. The van der Waals surface area contributed by atoms with Gasteiger partial charge in [-0.15, -0.1) is 0 Å². The highest BCUT2D eigenvalue weighted by Crippen LogP contribution is 1.99. The summed E-state index contributed by atoms with van der Waals surface area (Å²) in [5.74, 6) is 0.382. The number of guanidine groups is 4. The zero-order valence-electron chi connectivity index (χ0n) is 13.8. The van der Waals surface area contributed by atoms with Gasteiger partial charge in [0.1, 0.15) is 0 Å². The van der Waals surface area contributed by atoms with Gasteiger partial charge in [-0.05, 0) is 0 Å². The zero-order chi connectivity index (χ0) is 18.3. The highest BCUT2D eigenvalue weighted by Gasteiger charge is 2.18. The summed E-state index contributed by atoms with van der Waals surface area (Å²) in [6.07, 6.45) is 0. The molecule has 2 aliphatic rings. The van der Waals surface area contributed by atoms with Crippen molar-refractivity contribution < 1.29 is 0 Å². The Morgan fingerprint density at radius 1 is 0.417 bits per heavy atom. The molecule has 0 aromatic heterocycles. The Kier molecular flexibility index (Phi) is 6.89. The van der Waals surface area contributed by atoms with Gasteiger partial charge in [0, 0.05) is 52.4 Å². The molecule has 12 nitrogen and oxygen atoms in total. The van der Waals surface area contributed by atoms with Crippen molar-refractivity contribution >= 4 is 23.8 Å². The first-order valence-electron chi connectivity index (χ1n) is 7.58. The second-order valence-corrected chi connectivity index (χ2v) is 5.49. The lowest BCUT2D eigenvalue weighted by atomic mass is 10.3. The standard InChI is InChI=1S/2C6H14N6/c2*7-5(8)11-1-2-12(4-3-11)6(9)10/h2*1-4H2,(H3,7,8)(H3,9,10). The predicted molar refractivity (Wildman–Crippen MR) is 93.9 cm³/mol. The van der Waals surface area contributed by atoms with Crippen molar-refractivity contribution in [2.75, 3.05) is 52.4 Å². The molecule has 12 N–H and O–H groups in total. The molecule has 2 heterocycles. The van der Waals surface area contributed by atoms with Gasteiger partial charge in [-0.1, -0.05) is 0 Å². The maximum atomic E-state index is 7.16. The first-order chi connectivity index (χ1) is 11.2. The normalized spacial score (nSPS) is 17.7. The van der Waals surface area contributed by atoms with E-state index in [2.05, 4.69) is 0 Å². The summed E-state index contributed by atoms with van der Waals surface area (Å²) in [5, 5.41) is 28.6. The minimum Gasteiger partial charge on any atom is -0.370 e. The lowest BCUT2D eigenvalue weighted by Gasteiger charge is -2.34. The van der Waals surface area contributed by atoms with Gasteiger partial charge in [0.2, 0.25) is 0 Å². The van der Waals surface area contributed by atoms with Crippen LogP contribution in [0.3, 0.4) is 0 Å². The fraction of sp³-hybridized carbons (Fsp3) is 0.667. The minimum absolute atomic E-state index is 0.0956. The van der Waals surface area contributed by atoms with E-state index >= 15 is 0 Å². The SMILES string of the molecule is N=C(N)N1CCN(C(=N)N)CC1.N=C(N)N1CCN(C(=N)N)CC1. The van der Waals surface area contributed by atoms with Gasteiger partial charge < -0.3 is 42.5 Å². The van der Waals surface area contributed by atoms with E-state index in [4.69, 9.17) is 44.6 Å². The maximum Gasteiger partial charge on any atom is 0.188 e. The van der Waals surface area contributed by atoms with Crippen LogP contribution in [0.2, 0.25) is 0 Å². The van der Waals surface area contributed by atoms with Gasteiger partial charge in [-0.25, -0.2) is 0 Å². The number of rotatable bonds is 0. The molecule has 2 aliphatic heterocycles. The maximum absolute atomic E-state index is 7.16. The van der Waals surface area contributed by atoms with Crippen LogP contribution >= 0.6 is 0 Å². The minimum atomic E-state index is 0.0956. The Balaban J connectivity index is 0.000000240. The van der Waals surface area contributed by atoms with Crippen LogP contribution < -0.4 is 22.9 Å². The second kappa shape index (κ2) is 8.64. The summed E-state index contributed by atoms with van der Waals surface area (Å²) in [6.45, 7) is 5.40. The van der Waals surface area contributed by atoms with E-state index in [1.54, 1.807) is 19.6 Å². The summed E-state index contributed by atoms with van der Waals surface area (Å²) < 4.78 is 0. The van der Waals surface area contributed by atoms with Gasteiger partial charge >= 0.3 is 0 Å². The van der Waals surface area contributed by atoms with Crippen molar-refractivity contribution in [2.24, 2.45) is 22.9 Å². The van der Waals surface area contributed by atoms with Gasteiger partial charge in [0.15, 0.2) is 23.8 Å². The molecule has 2 saturated heterocycles. The van der Waals surface area contributed by atoms with E-state index in [0.717, 1.165) is 0 Å². The summed E-state index contributed by atoms with van der Waals surface area (Å²) >= 11 is 0. The molecule has 2 rings (SSSR count). The third kappa shape index (κ3) is 5.70. The van der Waals surface area contributed by atoms with Crippen molar-refractivity contribution in [3.05, 3.63) is 0 Å². The van der Waals surface area contributed by atoms with Crippen LogP contribution in [0, 0.1) is 21.6 Å². The van der Waals surface area contributed by atoms with Gasteiger partial charge in [-0.3, -0.25) is 21.6 Å². The van der Waals surface area contributed by atoms with Crippen LogP contribution in [0.25, 0.3) is 0 Å². The largest absolute Gasteiger partial charge is 0.370 e. The molecule has 12 heteroatoms. The number of hydrogen-bond donors (Lipinski definition) is 8. The molecule has 0 saturated carbocycles. The molecule has 136 valence electrons. The molecule has 24 heavy (non-hydrogen) atoms. The Bertz CT molecular complexity index is 384. The van der Waals surface area contributed by atoms with Crippen LogP contribution in [0.4, 0.5) is 0 Å². The third-order valence-electron chi connectivity index (χ3n) is 3.92. The fourth-order valence-corrected chi connectivity index (χ4v) is 2.38. The predicted octanol–water partition coefficient (Wildman–Crippen LogP) is -3.22. The first-order valence-corrected chi connectivity index (χ1v) is 7.58. The number of nitrogens with zero attached hydrogens (tertiary/aromatic N) is 4. The van der Waals surface area contributed by atoms with Crippen molar-refractivity contribution in [2.45, 2.75) is 0 Å². The molecular weight excluding hydrogens is 312 g/mol. The third-order valence-corrected chi connectivity index (χ3v) is 3.92. The fourth-order valence-electron chi connectivity index (χ4n) is 2.38. The average Bonchev–Trinajstić information content (AvgIpc) is 2.55. The Labute approximate surface area is 141 Å². The molecule has 0 atom stereocenters. The molecule has 0 radical (unpaired) electrons. The molecule has 0 bridgehead atoms. The molecule has 0 aliphatic carbocycles. The van der Waals surface area contributed by atoms with Crippen molar-refractivity contribution in [1.29, 1.82) is 21.6 Å². The summed E-state index contributed by atoms with van der Waals surface area (Å²) in [6, 6.07) is 0. The van der Waals surface area contributed by atoms with Crippen LogP contribution in [0.15, 0.2) is 0 Å². The Morgan fingerprint density at radius 2 is 0.542 bits per heavy atom. The zero-order valence-corrected chi connectivity index (χ0v) is 13.8. The van der Waals surface area contributed by atoms with Gasteiger partial charge in [0.05, 0.1) is 0 Å². The van der Waals surface area contributed by atoms with E-state index in [1.165, 1.54) is 0 Å². The molecule has 0 spiro atoms. The molecule has 0 unspecified atom stereocenters. The van der Waals surface area contributed by atoms with E-state index < -0.39 is 0 Å². The molecule has 0 amide bonds. The first kappa shape index (κ1) is 19.1. The Morgan fingerprint density at radius 3 is 0.625 bits per heavy atom. The van der Waals surface area contributed by atoms with E-state index in [1.807, 2.05) is 0 Å². The summed E-state index contributed by atoms with van der Waals surface area (Å²) in [7, 11) is 0. The topological polar surface area (TPSA) is 212 Å². The van der Waals surface area contributed by atoms with Gasteiger partial charge in [0.25, 0.3) is 0 Å². The molecule has 2 fully saturated rings. The average molecular weight is 340 g/mol. The monoisotopic (exact) mass is 340 g/mol. The van der Waals surface area contributed by atoms with E-state index in [-0.39, 0.29) is 23.8 Å².